The van der Waals surface area contributed by atoms with Gasteiger partial charge in [0.05, 0.1) is 6.04 Å². The van der Waals surface area contributed by atoms with Crippen molar-refractivity contribution in [3.05, 3.63) is 34.9 Å². The second kappa shape index (κ2) is 8.15. The van der Waals surface area contributed by atoms with Crippen molar-refractivity contribution in [3.8, 4) is 0 Å². The third-order valence-corrected chi connectivity index (χ3v) is 5.95. The highest BCUT2D eigenvalue weighted by atomic mass is 16.1. The number of benzene rings is 1. The fourth-order valence-corrected chi connectivity index (χ4v) is 4.28. The smallest absolute Gasteiger partial charge is 0.220 e. The normalized spacial score (nSPS) is 20.9. The lowest BCUT2D eigenvalue weighted by Crippen LogP contribution is -2.34. The summed E-state index contributed by atoms with van der Waals surface area (Å²) in [6, 6.07) is 6.88. The molecule has 0 aromatic heterocycles. The fourth-order valence-electron chi connectivity index (χ4n) is 4.28. The summed E-state index contributed by atoms with van der Waals surface area (Å²) in [5.74, 6) is 1.37. The number of amides is 1. The van der Waals surface area contributed by atoms with Gasteiger partial charge in [-0.3, -0.25) is 4.79 Å². The molecule has 1 aliphatic heterocycles. The van der Waals surface area contributed by atoms with Gasteiger partial charge in [0.2, 0.25) is 5.91 Å². The predicted octanol–water partition coefficient (Wildman–Crippen LogP) is 3.77. The first-order valence-electron chi connectivity index (χ1n) is 9.75. The van der Waals surface area contributed by atoms with E-state index in [2.05, 4.69) is 42.7 Å². The quantitative estimate of drug-likeness (QED) is 0.864. The minimum absolute atomic E-state index is 0.102. The summed E-state index contributed by atoms with van der Waals surface area (Å²) in [5, 5.41) is 6.62. The zero-order chi connectivity index (χ0) is 16.9. The first kappa shape index (κ1) is 17.5. The van der Waals surface area contributed by atoms with Gasteiger partial charge in [-0.1, -0.05) is 25.1 Å². The van der Waals surface area contributed by atoms with Crippen LogP contribution < -0.4 is 10.6 Å². The molecule has 0 saturated carbocycles. The Morgan fingerprint density at radius 3 is 2.62 bits per heavy atom. The molecule has 3 rings (SSSR count). The molecule has 1 saturated heterocycles. The fraction of sp³-hybridized carbons (Fsp3) is 0.667. The number of nitrogens with one attached hydrogen (secondary N) is 2. The van der Waals surface area contributed by atoms with E-state index in [-0.39, 0.29) is 11.9 Å². The second-order valence-electron chi connectivity index (χ2n) is 7.79. The summed E-state index contributed by atoms with van der Waals surface area (Å²) in [4.78, 5) is 12.4. The van der Waals surface area contributed by atoms with E-state index in [1.807, 2.05) is 0 Å². The second-order valence-corrected chi connectivity index (χ2v) is 7.79. The topological polar surface area (TPSA) is 41.1 Å². The Morgan fingerprint density at radius 1 is 1.17 bits per heavy atom. The molecule has 1 fully saturated rings. The monoisotopic (exact) mass is 328 g/mol. The largest absolute Gasteiger partial charge is 0.350 e. The molecule has 0 spiro atoms. The first-order valence-corrected chi connectivity index (χ1v) is 9.75. The van der Waals surface area contributed by atoms with Gasteiger partial charge in [0.15, 0.2) is 0 Å². The van der Waals surface area contributed by atoms with Crippen LogP contribution >= 0.6 is 0 Å². The summed E-state index contributed by atoms with van der Waals surface area (Å²) in [7, 11) is 0. The van der Waals surface area contributed by atoms with Crippen molar-refractivity contribution in [2.75, 3.05) is 13.1 Å². The SMILES string of the molecule is CC(NC(=O)CC(C)C1CCNCC1)c1ccc2c(c1)CCCC2. The van der Waals surface area contributed by atoms with Crippen LogP contribution in [0, 0.1) is 11.8 Å². The summed E-state index contributed by atoms with van der Waals surface area (Å²) in [6.07, 6.45) is 8.07. The highest BCUT2D eigenvalue weighted by Gasteiger charge is 2.23. The standard InChI is InChI=1S/C21H32N2O/c1-15(17-9-11-22-12-10-17)13-21(24)23-16(2)19-8-7-18-5-3-4-6-20(18)14-19/h7-8,14-17,22H,3-6,9-13H2,1-2H3,(H,23,24). The van der Waals surface area contributed by atoms with Crippen LogP contribution in [-0.2, 0) is 17.6 Å². The molecule has 3 nitrogen and oxygen atoms in total. The third kappa shape index (κ3) is 4.38. The Hall–Kier alpha value is -1.35. The van der Waals surface area contributed by atoms with Crippen LogP contribution in [0.1, 0.15) is 68.7 Å². The average Bonchev–Trinajstić information content (AvgIpc) is 2.61. The summed E-state index contributed by atoms with van der Waals surface area (Å²) >= 11 is 0. The maximum absolute atomic E-state index is 12.4. The van der Waals surface area contributed by atoms with Crippen LogP contribution in [0.2, 0.25) is 0 Å². The van der Waals surface area contributed by atoms with E-state index >= 15 is 0 Å². The van der Waals surface area contributed by atoms with Gasteiger partial charge >= 0.3 is 0 Å². The van der Waals surface area contributed by atoms with E-state index in [1.54, 1.807) is 0 Å². The third-order valence-electron chi connectivity index (χ3n) is 5.95. The van der Waals surface area contributed by atoms with Crippen LogP contribution in [-0.4, -0.2) is 19.0 Å². The van der Waals surface area contributed by atoms with Crippen LogP contribution in [0.15, 0.2) is 18.2 Å². The van der Waals surface area contributed by atoms with Crippen molar-refractivity contribution < 1.29 is 4.79 Å². The van der Waals surface area contributed by atoms with E-state index in [4.69, 9.17) is 0 Å². The molecule has 3 heteroatoms. The molecule has 1 amide bonds. The molecular weight excluding hydrogens is 296 g/mol. The molecule has 132 valence electrons. The minimum atomic E-state index is 0.102. The number of carbonyl (C=O) groups excluding carboxylic acids is 1. The van der Waals surface area contributed by atoms with Gasteiger partial charge in [-0.05, 0) is 87.1 Å². The van der Waals surface area contributed by atoms with Crippen LogP contribution in [0.4, 0.5) is 0 Å². The van der Waals surface area contributed by atoms with Gasteiger partial charge in [0.1, 0.15) is 0 Å². The van der Waals surface area contributed by atoms with Crippen LogP contribution in [0.5, 0.6) is 0 Å². The van der Waals surface area contributed by atoms with Crippen molar-refractivity contribution in [1.29, 1.82) is 0 Å². The number of carbonyl (C=O) groups is 1. The maximum atomic E-state index is 12.4. The molecule has 2 atom stereocenters. The van der Waals surface area contributed by atoms with E-state index in [0.29, 0.717) is 18.3 Å². The lowest BCUT2D eigenvalue weighted by molar-refractivity contribution is -0.123. The maximum Gasteiger partial charge on any atom is 0.220 e. The van der Waals surface area contributed by atoms with Gasteiger partial charge in [0.25, 0.3) is 0 Å². The molecule has 0 radical (unpaired) electrons. The van der Waals surface area contributed by atoms with Gasteiger partial charge in [-0.15, -0.1) is 0 Å². The highest BCUT2D eigenvalue weighted by molar-refractivity contribution is 5.76. The molecule has 24 heavy (non-hydrogen) atoms. The Balaban J connectivity index is 1.53. The van der Waals surface area contributed by atoms with Gasteiger partial charge in [-0.2, -0.15) is 0 Å². The number of piperidine rings is 1. The predicted molar refractivity (Wildman–Crippen MR) is 99.0 cm³/mol. The van der Waals surface area contributed by atoms with Crippen molar-refractivity contribution in [1.82, 2.24) is 10.6 Å². The van der Waals surface area contributed by atoms with Crippen molar-refractivity contribution in [2.24, 2.45) is 11.8 Å². The Kier molecular flexibility index (Phi) is 5.94. The number of aryl methyl sites for hydroxylation is 2. The number of rotatable bonds is 5. The Morgan fingerprint density at radius 2 is 1.88 bits per heavy atom. The van der Waals surface area contributed by atoms with Crippen molar-refractivity contribution >= 4 is 5.91 Å². The van der Waals surface area contributed by atoms with E-state index in [0.717, 1.165) is 13.1 Å². The van der Waals surface area contributed by atoms with Crippen LogP contribution in [0.25, 0.3) is 0 Å². The first-order chi connectivity index (χ1) is 11.6. The molecular formula is C21H32N2O. The molecule has 2 unspecified atom stereocenters. The molecule has 0 bridgehead atoms. The molecule has 1 aliphatic carbocycles. The molecule has 1 aromatic carbocycles. The lowest BCUT2D eigenvalue weighted by atomic mass is 9.84. The van der Waals surface area contributed by atoms with Gasteiger partial charge in [-0.25, -0.2) is 0 Å². The number of fused-ring (bicyclic) bond motifs is 1. The Labute approximate surface area is 146 Å². The van der Waals surface area contributed by atoms with E-state index in [1.165, 1.54) is 55.2 Å². The minimum Gasteiger partial charge on any atom is -0.350 e. The average molecular weight is 329 g/mol. The number of hydrogen-bond donors (Lipinski definition) is 2. The van der Waals surface area contributed by atoms with E-state index < -0.39 is 0 Å². The zero-order valence-corrected chi connectivity index (χ0v) is 15.2. The number of hydrogen-bond acceptors (Lipinski definition) is 2. The van der Waals surface area contributed by atoms with E-state index in [9.17, 15) is 4.79 Å². The summed E-state index contributed by atoms with van der Waals surface area (Å²) in [5.41, 5.74) is 4.24. The molecule has 2 aliphatic rings. The summed E-state index contributed by atoms with van der Waals surface area (Å²) < 4.78 is 0. The molecule has 2 N–H and O–H groups in total. The molecule has 1 aromatic rings. The molecule has 1 heterocycles. The zero-order valence-electron chi connectivity index (χ0n) is 15.2. The van der Waals surface area contributed by atoms with Gasteiger partial charge in [0, 0.05) is 6.42 Å². The highest BCUT2D eigenvalue weighted by Crippen LogP contribution is 2.26. The Bertz CT molecular complexity index is 563. The van der Waals surface area contributed by atoms with Gasteiger partial charge < -0.3 is 10.6 Å². The lowest BCUT2D eigenvalue weighted by Gasteiger charge is -2.28. The van der Waals surface area contributed by atoms with Crippen molar-refractivity contribution in [3.63, 3.8) is 0 Å². The summed E-state index contributed by atoms with van der Waals surface area (Å²) in [6.45, 7) is 6.54. The van der Waals surface area contributed by atoms with Crippen LogP contribution in [0.3, 0.4) is 0 Å². The van der Waals surface area contributed by atoms with Crippen molar-refractivity contribution in [2.45, 2.75) is 64.8 Å².